The van der Waals surface area contributed by atoms with Crippen LogP contribution in [0.15, 0.2) is 73.1 Å². The van der Waals surface area contributed by atoms with E-state index in [4.69, 9.17) is 5.73 Å². The van der Waals surface area contributed by atoms with Crippen molar-refractivity contribution in [3.8, 4) is 5.69 Å². The van der Waals surface area contributed by atoms with Crippen LogP contribution in [0, 0.1) is 0 Å². The average Bonchev–Trinajstić information content (AvgIpc) is 3.11. The van der Waals surface area contributed by atoms with Crippen molar-refractivity contribution in [3.63, 3.8) is 0 Å². The van der Waals surface area contributed by atoms with Gasteiger partial charge in [0.15, 0.2) is 0 Å². The molecule has 3 aromatic rings. The maximum Gasteiger partial charge on any atom is 0.316 e. The van der Waals surface area contributed by atoms with Gasteiger partial charge in [0.25, 0.3) is 5.91 Å². The van der Waals surface area contributed by atoms with Gasteiger partial charge in [-0.25, -0.2) is 4.79 Å². The molecule has 120 valence electrons. The fourth-order valence-electron chi connectivity index (χ4n) is 2.27. The van der Waals surface area contributed by atoms with E-state index >= 15 is 0 Å². The molecule has 24 heavy (non-hydrogen) atoms. The molecular formula is C18H16N4O2. The van der Waals surface area contributed by atoms with Crippen LogP contribution in [0.4, 0.5) is 16.2 Å². The molecule has 6 heteroatoms. The van der Waals surface area contributed by atoms with Crippen molar-refractivity contribution >= 4 is 23.3 Å². The van der Waals surface area contributed by atoms with Gasteiger partial charge in [0.2, 0.25) is 0 Å². The molecule has 0 spiro atoms. The van der Waals surface area contributed by atoms with Crippen LogP contribution in [-0.2, 0) is 0 Å². The van der Waals surface area contributed by atoms with Gasteiger partial charge in [0.05, 0.1) is 0 Å². The lowest BCUT2D eigenvalue weighted by molar-refractivity contribution is 0.102. The van der Waals surface area contributed by atoms with Crippen LogP contribution in [0.1, 0.15) is 10.4 Å². The van der Waals surface area contributed by atoms with Crippen molar-refractivity contribution in [2.45, 2.75) is 0 Å². The standard InChI is InChI=1S/C18H16N4O2/c19-18(24)21-15-7-5-14(6-8-15)20-17(23)13-3-9-16(10-4-13)22-11-1-2-12-22/h1-12H,(H,20,23)(H3,19,21,24). The monoisotopic (exact) mass is 320 g/mol. The molecule has 3 amide bonds. The molecule has 4 N–H and O–H groups in total. The molecule has 0 radical (unpaired) electrons. The molecule has 1 heterocycles. The number of amides is 3. The molecule has 0 saturated carbocycles. The highest BCUT2D eigenvalue weighted by atomic mass is 16.2. The minimum absolute atomic E-state index is 0.204. The van der Waals surface area contributed by atoms with Gasteiger partial charge in [0.1, 0.15) is 0 Å². The summed E-state index contributed by atoms with van der Waals surface area (Å²) in [5, 5.41) is 5.26. The quantitative estimate of drug-likeness (QED) is 0.689. The first-order valence-corrected chi connectivity index (χ1v) is 7.33. The van der Waals surface area contributed by atoms with Crippen molar-refractivity contribution < 1.29 is 9.59 Å². The van der Waals surface area contributed by atoms with Crippen molar-refractivity contribution in [2.24, 2.45) is 5.73 Å². The van der Waals surface area contributed by atoms with E-state index in [-0.39, 0.29) is 5.91 Å². The van der Waals surface area contributed by atoms with Gasteiger partial charge in [-0.1, -0.05) is 0 Å². The van der Waals surface area contributed by atoms with E-state index in [0.717, 1.165) is 5.69 Å². The van der Waals surface area contributed by atoms with Crippen LogP contribution >= 0.6 is 0 Å². The predicted octanol–water partition coefficient (Wildman–Crippen LogP) is 3.22. The van der Waals surface area contributed by atoms with E-state index in [0.29, 0.717) is 16.9 Å². The first kappa shape index (κ1) is 15.4. The maximum absolute atomic E-state index is 12.3. The highest BCUT2D eigenvalue weighted by Gasteiger charge is 2.06. The topological polar surface area (TPSA) is 89.2 Å². The summed E-state index contributed by atoms with van der Waals surface area (Å²) in [6, 6.07) is 17.3. The highest BCUT2D eigenvalue weighted by molar-refractivity contribution is 6.04. The van der Waals surface area contributed by atoms with Crippen LogP contribution < -0.4 is 16.4 Å². The summed E-state index contributed by atoms with van der Waals surface area (Å²) in [7, 11) is 0. The lowest BCUT2D eigenvalue weighted by Gasteiger charge is -2.08. The van der Waals surface area contributed by atoms with E-state index < -0.39 is 6.03 Å². The normalized spacial score (nSPS) is 10.2. The van der Waals surface area contributed by atoms with Gasteiger partial charge in [-0.15, -0.1) is 0 Å². The Morgan fingerprint density at radius 2 is 1.33 bits per heavy atom. The fraction of sp³-hybridized carbons (Fsp3) is 0. The van der Waals surface area contributed by atoms with Crippen molar-refractivity contribution in [2.75, 3.05) is 10.6 Å². The van der Waals surface area contributed by atoms with Gasteiger partial charge in [0, 0.05) is 35.0 Å². The number of primary amides is 1. The van der Waals surface area contributed by atoms with Crippen LogP contribution in [0.5, 0.6) is 0 Å². The smallest absolute Gasteiger partial charge is 0.316 e. The van der Waals surface area contributed by atoms with E-state index in [2.05, 4.69) is 10.6 Å². The Morgan fingerprint density at radius 1 is 0.792 bits per heavy atom. The fourth-order valence-corrected chi connectivity index (χ4v) is 2.27. The summed E-state index contributed by atoms with van der Waals surface area (Å²) >= 11 is 0. The molecule has 1 aromatic heterocycles. The number of nitrogens with two attached hydrogens (primary N) is 1. The molecule has 6 nitrogen and oxygen atoms in total. The van der Waals surface area contributed by atoms with Gasteiger partial charge in [-0.3, -0.25) is 4.79 Å². The molecule has 0 fully saturated rings. The predicted molar refractivity (Wildman–Crippen MR) is 93.4 cm³/mol. The molecule has 0 saturated heterocycles. The van der Waals surface area contributed by atoms with Crippen LogP contribution in [0.2, 0.25) is 0 Å². The van der Waals surface area contributed by atoms with Crippen LogP contribution in [0.25, 0.3) is 5.69 Å². The Balaban J connectivity index is 1.67. The molecule has 0 atom stereocenters. The second-order valence-corrected chi connectivity index (χ2v) is 5.16. The van der Waals surface area contributed by atoms with Crippen molar-refractivity contribution in [1.82, 2.24) is 4.57 Å². The number of hydrogen-bond donors (Lipinski definition) is 3. The third kappa shape index (κ3) is 3.61. The third-order valence-corrected chi connectivity index (χ3v) is 3.44. The van der Waals surface area contributed by atoms with Crippen LogP contribution in [0.3, 0.4) is 0 Å². The van der Waals surface area contributed by atoms with Gasteiger partial charge in [-0.2, -0.15) is 0 Å². The Morgan fingerprint density at radius 3 is 1.88 bits per heavy atom. The number of nitrogens with zero attached hydrogens (tertiary/aromatic N) is 1. The van der Waals surface area contributed by atoms with Gasteiger partial charge < -0.3 is 20.9 Å². The Hall–Kier alpha value is -3.54. The summed E-state index contributed by atoms with van der Waals surface area (Å²) in [5.41, 5.74) is 7.79. The molecule has 0 aliphatic rings. The number of hydrogen-bond acceptors (Lipinski definition) is 2. The van der Waals surface area contributed by atoms with Gasteiger partial charge >= 0.3 is 6.03 Å². The molecule has 2 aromatic carbocycles. The Labute approximate surface area is 138 Å². The summed E-state index contributed by atoms with van der Waals surface area (Å²) in [6.45, 7) is 0. The minimum atomic E-state index is -0.630. The zero-order chi connectivity index (χ0) is 16.9. The first-order chi connectivity index (χ1) is 11.6. The lowest BCUT2D eigenvalue weighted by atomic mass is 10.2. The highest BCUT2D eigenvalue weighted by Crippen LogP contribution is 2.15. The largest absolute Gasteiger partial charge is 0.351 e. The lowest BCUT2D eigenvalue weighted by Crippen LogP contribution is -2.19. The summed E-state index contributed by atoms with van der Waals surface area (Å²) in [5.74, 6) is -0.204. The summed E-state index contributed by atoms with van der Waals surface area (Å²) in [4.78, 5) is 23.0. The number of anilines is 2. The van der Waals surface area contributed by atoms with Crippen molar-refractivity contribution in [1.29, 1.82) is 0 Å². The Bertz CT molecular complexity index is 838. The number of nitrogens with one attached hydrogen (secondary N) is 2. The number of aromatic nitrogens is 1. The molecule has 0 unspecified atom stereocenters. The van der Waals surface area contributed by atoms with Crippen LogP contribution in [-0.4, -0.2) is 16.5 Å². The zero-order valence-electron chi connectivity index (χ0n) is 12.8. The van der Waals surface area contributed by atoms with E-state index in [1.807, 2.05) is 41.2 Å². The van der Waals surface area contributed by atoms with Crippen molar-refractivity contribution in [3.05, 3.63) is 78.6 Å². The molecule has 0 bridgehead atoms. The van der Waals surface area contributed by atoms with E-state index in [1.54, 1.807) is 36.4 Å². The SMILES string of the molecule is NC(=O)Nc1ccc(NC(=O)c2ccc(-n3cccc3)cc2)cc1. The number of carbonyl (C=O) groups excluding carboxylic acids is 2. The number of rotatable bonds is 4. The average molecular weight is 320 g/mol. The van der Waals surface area contributed by atoms with Gasteiger partial charge in [-0.05, 0) is 60.7 Å². The Kier molecular flexibility index (Phi) is 4.29. The molecule has 0 aliphatic carbocycles. The zero-order valence-corrected chi connectivity index (χ0v) is 12.8. The van der Waals surface area contributed by atoms with E-state index in [1.165, 1.54) is 0 Å². The molecular weight excluding hydrogens is 304 g/mol. The maximum atomic E-state index is 12.3. The number of carbonyl (C=O) groups is 2. The molecule has 0 aliphatic heterocycles. The number of benzene rings is 2. The number of urea groups is 1. The van der Waals surface area contributed by atoms with E-state index in [9.17, 15) is 9.59 Å². The summed E-state index contributed by atoms with van der Waals surface area (Å²) in [6.07, 6.45) is 3.88. The second kappa shape index (κ2) is 6.70. The third-order valence-electron chi connectivity index (χ3n) is 3.44. The minimum Gasteiger partial charge on any atom is -0.351 e. The molecule has 3 rings (SSSR count). The summed E-state index contributed by atoms with van der Waals surface area (Å²) < 4.78 is 1.96. The second-order valence-electron chi connectivity index (χ2n) is 5.16. The first-order valence-electron chi connectivity index (χ1n) is 7.33.